The fraction of sp³-hybridized carbons (Fsp3) is 1.00. The number of ether oxygens (including phenoxy) is 1. The minimum absolute atomic E-state index is 0.0724. The maximum Gasteiger partial charge on any atom is 0.130 e. The van der Waals surface area contributed by atoms with Crippen molar-refractivity contribution < 1.29 is 4.74 Å². The topological polar surface area (TPSA) is 9.23 Å². The predicted octanol–water partition coefficient (Wildman–Crippen LogP) is 3.17. The standard InChI is InChI=1S/C8H17ClO/c1-3-4-5-6-7-8(9)10-2/h8H,3-7H2,1-2H3. The molecule has 0 aliphatic carbocycles. The van der Waals surface area contributed by atoms with Gasteiger partial charge in [-0.05, 0) is 12.8 Å². The van der Waals surface area contributed by atoms with Crippen LogP contribution in [0.1, 0.15) is 39.0 Å². The smallest absolute Gasteiger partial charge is 0.130 e. The second-order valence-corrected chi connectivity index (χ2v) is 2.98. The Morgan fingerprint density at radius 2 is 2.00 bits per heavy atom. The van der Waals surface area contributed by atoms with Gasteiger partial charge in [0.2, 0.25) is 0 Å². The molecule has 0 bridgehead atoms. The lowest BCUT2D eigenvalue weighted by atomic mass is 10.2. The number of hydrogen-bond acceptors (Lipinski definition) is 1. The van der Waals surface area contributed by atoms with Crippen LogP contribution in [0.15, 0.2) is 0 Å². The highest BCUT2D eigenvalue weighted by atomic mass is 35.5. The quantitative estimate of drug-likeness (QED) is 0.433. The number of rotatable bonds is 6. The van der Waals surface area contributed by atoms with E-state index in [1.807, 2.05) is 0 Å². The Labute approximate surface area is 68.7 Å². The molecule has 1 unspecified atom stereocenters. The molecule has 0 aromatic carbocycles. The van der Waals surface area contributed by atoms with E-state index in [9.17, 15) is 0 Å². The molecule has 0 aliphatic rings. The van der Waals surface area contributed by atoms with Crippen LogP contribution in [0.3, 0.4) is 0 Å². The Morgan fingerprint density at radius 1 is 1.30 bits per heavy atom. The molecule has 0 spiro atoms. The van der Waals surface area contributed by atoms with Crippen molar-refractivity contribution in [1.29, 1.82) is 0 Å². The summed E-state index contributed by atoms with van der Waals surface area (Å²) in [4.78, 5) is 0. The molecule has 1 atom stereocenters. The molecular weight excluding hydrogens is 148 g/mol. The Hall–Kier alpha value is 0.250. The maximum atomic E-state index is 5.72. The molecule has 0 saturated heterocycles. The molecule has 0 radical (unpaired) electrons. The number of alkyl halides is 1. The van der Waals surface area contributed by atoms with Crippen LogP contribution in [0.5, 0.6) is 0 Å². The number of halogens is 1. The van der Waals surface area contributed by atoms with Crippen LogP contribution in [0, 0.1) is 0 Å². The minimum Gasteiger partial charge on any atom is -0.366 e. The molecule has 0 aromatic heterocycles. The highest BCUT2D eigenvalue weighted by molar-refractivity contribution is 6.19. The normalized spacial score (nSPS) is 13.5. The van der Waals surface area contributed by atoms with Crippen molar-refractivity contribution in [2.45, 2.75) is 44.6 Å². The van der Waals surface area contributed by atoms with Crippen molar-refractivity contribution in [3.8, 4) is 0 Å². The average molecular weight is 165 g/mol. The van der Waals surface area contributed by atoms with Crippen LogP contribution < -0.4 is 0 Å². The molecule has 0 saturated carbocycles. The van der Waals surface area contributed by atoms with Gasteiger partial charge in [0.05, 0.1) is 0 Å². The number of hydrogen-bond donors (Lipinski definition) is 0. The summed E-state index contributed by atoms with van der Waals surface area (Å²) in [5, 5.41) is 0. The summed E-state index contributed by atoms with van der Waals surface area (Å²) < 4.78 is 4.90. The average Bonchev–Trinajstić information content (AvgIpc) is 1.98. The third kappa shape index (κ3) is 6.37. The van der Waals surface area contributed by atoms with Crippen LogP contribution in [-0.2, 0) is 4.74 Å². The monoisotopic (exact) mass is 164 g/mol. The Morgan fingerprint density at radius 3 is 2.50 bits per heavy atom. The molecule has 0 aliphatic heterocycles. The van der Waals surface area contributed by atoms with E-state index in [0.717, 1.165) is 6.42 Å². The molecule has 0 heterocycles. The lowest BCUT2D eigenvalue weighted by Gasteiger charge is -2.05. The molecule has 0 rings (SSSR count). The molecule has 2 heteroatoms. The Bertz CT molecular complexity index is 66.3. The van der Waals surface area contributed by atoms with Gasteiger partial charge in [0.1, 0.15) is 5.56 Å². The van der Waals surface area contributed by atoms with E-state index in [2.05, 4.69) is 6.92 Å². The van der Waals surface area contributed by atoms with Crippen molar-refractivity contribution in [2.75, 3.05) is 7.11 Å². The van der Waals surface area contributed by atoms with Crippen molar-refractivity contribution >= 4 is 11.6 Å². The molecule has 0 aromatic rings. The second kappa shape index (κ2) is 7.36. The summed E-state index contributed by atoms with van der Waals surface area (Å²) in [5.41, 5.74) is -0.0724. The number of methoxy groups -OCH3 is 1. The third-order valence-corrected chi connectivity index (χ3v) is 1.94. The van der Waals surface area contributed by atoms with Gasteiger partial charge in [-0.2, -0.15) is 0 Å². The molecule has 62 valence electrons. The summed E-state index contributed by atoms with van der Waals surface area (Å²) in [6.45, 7) is 2.20. The van der Waals surface area contributed by atoms with Gasteiger partial charge < -0.3 is 4.74 Å². The molecule has 1 nitrogen and oxygen atoms in total. The van der Waals surface area contributed by atoms with Gasteiger partial charge in [-0.1, -0.05) is 37.8 Å². The fourth-order valence-corrected chi connectivity index (χ4v) is 1.00. The van der Waals surface area contributed by atoms with E-state index >= 15 is 0 Å². The lowest BCUT2D eigenvalue weighted by Crippen LogP contribution is -1.99. The number of unbranched alkanes of at least 4 members (excludes halogenated alkanes) is 3. The first kappa shape index (κ1) is 10.2. The van der Waals surface area contributed by atoms with Gasteiger partial charge in [-0.25, -0.2) is 0 Å². The largest absolute Gasteiger partial charge is 0.366 e. The zero-order valence-electron chi connectivity index (χ0n) is 6.90. The van der Waals surface area contributed by atoms with Crippen LogP contribution in [0.4, 0.5) is 0 Å². The van der Waals surface area contributed by atoms with Crippen LogP contribution in [0.25, 0.3) is 0 Å². The van der Waals surface area contributed by atoms with E-state index in [1.54, 1.807) is 7.11 Å². The zero-order chi connectivity index (χ0) is 7.82. The highest BCUT2D eigenvalue weighted by Crippen LogP contribution is 2.09. The molecule has 10 heavy (non-hydrogen) atoms. The van der Waals surface area contributed by atoms with E-state index < -0.39 is 0 Å². The van der Waals surface area contributed by atoms with Crippen molar-refractivity contribution in [2.24, 2.45) is 0 Å². The summed E-state index contributed by atoms with van der Waals surface area (Å²) in [7, 11) is 1.65. The summed E-state index contributed by atoms with van der Waals surface area (Å²) in [5.74, 6) is 0. The first-order valence-corrected chi connectivity index (χ1v) is 4.41. The van der Waals surface area contributed by atoms with Gasteiger partial charge in [-0.15, -0.1) is 0 Å². The molecule has 0 N–H and O–H groups in total. The van der Waals surface area contributed by atoms with Crippen molar-refractivity contribution in [1.82, 2.24) is 0 Å². The van der Waals surface area contributed by atoms with E-state index in [4.69, 9.17) is 16.3 Å². The Kier molecular flexibility index (Phi) is 7.54. The van der Waals surface area contributed by atoms with E-state index in [0.29, 0.717) is 0 Å². The lowest BCUT2D eigenvalue weighted by molar-refractivity contribution is 0.157. The fourth-order valence-electron chi connectivity index (χ4n) is 0.849. The maximum absolute atomic E-state index is 5.72. The van der Waals surface area contributed by atoms with Crippen LogP contribution in [-0.4, -0.2) is 12.7 Å². The SMILES string of the molecule is CCCCCCC(Cl)OC. The summed E-state index contributed by atoms with van der Waals surface area (Å²) >= 11 is 5.72. The van der Waals surface area contributed by atoms with Gasteiger partial charge >= 0.3 is 0 Å². The molecular formula is C8H17ClO. The second-order valence-electron chi connectivity index (χ2n) is 2.50. The first-order chi connectivity index (χ1) is 4.81. The van der Waals surface area contributed by atoms with Crippen LogP contribution >= 0.6 is 11.6 Å². The van der Waals surface area contributed by atoms with Gasteiger partial charge in [0.15, 0.2) is 0 Å². The first-order valence-electron chi connectivity index (χ1n) is 3.98. The highest BCUT2D eigenvalue weighted by Gasteiger charge is 1.99. The van der Waals surface area contributed by atoms with Gasteiger partial charge in [0, 0.05) is 7.11 Å². The minimum atomic E-state index is -0.0724. The Balaban J connectivity index is 2.89. The summed E-state index contributed by atoms with van der Waals surface area (Å²) in [6, 6.07) is 0. The van der Waals surface area contributed by atoms with E-state index in [1.165, 1.54) is 25.7 Å². The molecule has 0 fully saturated rings. The predicted molar refractivity (Wildman–Crippen MR) is 45.4 cm³/mol. The van der Waals surface area contributed by atoms with Crippen molar-refractivity contribution in [3.05, 3.63) is 0 Å². The van der Waals surface area contributed by atoms with E-state index in [-0.39, 0.29) is 5.56 Å². The third-order valence-electron chi connectivity index (χ3n) is 1.54. The zero-order valence-corrected chi connectivity index (χ0v) is 7.66. The van der Waals surface area contributed by atoms with Crippen molar-refractivity contribution in [3.63, 3.8) is 0 Å². The van der Waals surface area contributed by atoms with Gasteiger partial charge in [0.25, 0.3) is 0 Å². The molecule has 0 amide bonds. The van der Waals surface area contributed by atoms with Gasteiger partial charge in [-0.3, -0.25) is 0 Å². The summed E-state index contributed by atoms with van der Waals surface area (Å²) in [6.07, 6.45) is 6.05. The van der Waals surface area contributed by atoms with Crippen LogP contribution in [0.2, 0.25) is 0 Å².